The summed E-state index contributed by atoms with van der Waals surface area (Å²) >= 11 is 6.21. The van der Waals surface area contributed by atoms with Crippen LogP contribution in [-0.2, 0) is 16.6 Å². The molecule has 1 heterocycles. The quantitative estimate of drug-likeness (QED) is 0.836. The van der Waals surface area contributed by atoms with E-state index in [4.69, 9.17) is 11.6 Å². The van der Waals surface area contributed by atoms with Gasteiger partial charge in [0.2, 0.25) is 10.0 Å². The number of hydrogen-bond acceptors (Lipinski definition) is 3. The van der Waals surface area contributed by atoms with Crippen molar-refractivity contribution in [1.29, 1.82) is 0 Å². The third kappa shape index (κ3) is 3.64. The molecule has 0 radical (unpaired) electrons. The van der Waals surface area contributed by atoms with Gasteiger partial charge in [-0.3, -0.25) is 4.90 Å². The summed E-state index contributed by atoms with van der Waals surface area (Å²) in [6.45, 7) is 4.99. The summed E-state index contributed by atoms with van der Waals surface area (Å²) in [4.78, 5) is 2.65. The van der Waals surface area contributed by atoms with Crippen LogP contribution in [0.5, 0.6) is 0 Å². The number of sulfonamides is 1. The molecule has 1 aliphatic rings. The molecule has 0 saturated carbocycles. The molecule has 2 aromatic rings. The summed E-state index contributed by atoms with van der Waals surface area (Å²) in [7, 11) is -3.42. The molecule has 0 aliphatic carbocycles. The minimum Gasteiger partial charge on any atom is -0.296 e. The van der Waals surface area contributed by atoms with Crippen molar-refractivity contribution < 1.29 is 8.42 Å². The lowest BCUT2D eigenvalue weighted by Gasteiger charge is -2.34. The van der Waals surface area contributed by atoms with Crippen molar-refractivity contribution in [3.05, 3.63) is 64.7 Å². The number of hydrogen-bond donors (Lipinski definition) is 0. The highest BCUT2D eigenvalue weighted by Crippen LogP contribution is 2.22. The fraction of sp³-hybridized carbons (Fsp3) is 0.333. The van der Waals surface area contributed by atoms with E-state index in [0.29, 0.717) is 31.1 Å². The highest BCUT2D eigenvalue weighted by atomic mass is 35.5. The van der Waals surface area contributed by atoms with Gasteiger partial charge in [0.25, 0.3) is 0 Å². The van der Waals surface area contributed by atoms with Crippen LogP contribution in [0.1, 0.15) is 11.1 Å². The lowest BCUT2D eigenvalue weighted by atomic mass is 10.2. The largest absolute Gasteiger partial charge is 0.296 e. The maximum atomic E-state index is 12.8. The number of benzene rings is 2. The van der Waals surface area contributed by atoms with Crippen LogP contribution < -0.4 is 0 Å². The summed E-state index contributed by atoms with van der Waals surface area (Å²) in [5, 5.41) is 0.757. The zero-order valence-electron chi connectivity index (χ0n) is 13.7. The molecule has 0 amide bonds. The first-order valence-electron chi connectivity index (χ1n) is 8.00. The Morgan fingerprint density at radius 3 is 2.25 bits per heavy atom. The summed E-state index contributed by atoms with van der Waals surface area (Å²) in [6, 6.07) is 14.9. The molecule has 0 atom stereocenters. The van der Waals surface area contributed by atoms with E-state index < -0.39 is 10.0 Å². The van der Waals surface area contributed by atoms with E-state index >= 15 is 0 Å². The van der Waals surface area contributed by atoms with Crippen LogP contribution in [0.25, 0.3) is 0 Å². The Kier molecular flexibility index (Phi) is 5.25. The van der Waals surface area contributed by atoms with E-state index in [9.17, 15) is 8.42 Å². The topological polar surface area (TPSA) is 40.6 Å². The number of halogens is 1. The van der Waals surface area contributed by atoms with E-state index in [0.717, 1.165) is 22.7 Å². The molecule has 0 N–H and O–H groups in total. The first-order valence-corrected chi connectivity index (χ1v) is 9.82. The maximum absolute atomic E-state index is 12.8. The minimum atomic E-state index is -3.42. The van der Waals surface area contributed by atoms with E-state index in [1.807, 2.05) is 43.3 Å². The minimum absolute atomic E-state index is 0.407. The lowest BCUT2D eigenvalue weighted by Crippen LogP contribution is -2.48. The van der Waals surface area contributed by atoms with E-state index in [-0.39, 0.29) is 0 Å². The molecule has 6 heteroatoms. The standard InChI is InChI=1S/C18H21ClN2O2S/c1-15-6-2-5-9-18(15)24(22,23)21-12-10-20(11-13-21)14-16-7-3-4-8-17(16)19/h2-9H,10-14H2,1H3. The van der Waals surface area contributed by atoms with Crippen LogP contribution >= 0.6 is 11.6 Å². The van der Waals surface area contributed by atoms with Crippen molar-refractivity contribution in [3.63, 3.8) is 0 Å². The number of nitrogens with zero attached hydrogens (tertiary/aromatic N) is 2. The molecule has 1 saturated heterocycles. The molecule has 24 heavy (non-hydrogen) atoms. The average Bonchev–Trinajstić information content (AvgIpc) is 2.58. The summed E-state index contributed by atoms with van der Waals surface area (Å²) in [6.07, 6.45) is 0. The van der Waals surface area contributed by atoms with Crippen LogP contribution in [0.2, 0.25) is 5.02 Å². The normalized spacial score (nSPS) is 17.1. The monoisotopic (exact) mass is 364 g/mol. The van der Waals surface area contributed by atoms with Gasteiger partial charge in [-0.25, -0.2) is 8.42 Å². The van der Waals surface area contributed by atoms with E-state index in [2.05, 4.69) is 4.90 Å². The Balaban J connectivity index is 1.67. The lowest BCUT2D eigenvalue weighted by molar-refractivity contribution is 0.181. The van der Waals surface area contributed by atoms with Gasteiger partial charge in [-0.05, 0) is 30.2 Å². The highest BCUT2D eigenvalue weighted by molar-refractivity contribution is 7.89. The third-order valence-electron chi connectivity index (χ3n) is 4.39. The number of piperazine rings is 1. The number of rotatable bonds is 4. The first kappa shape index (κ1) is 17.4. The summed E-state index contributed by atoms with van der Waals surface area (Å²) in [5.41, 5.74) is 1.87. The second-order valence-electron chi connectivity index (χ2n) is 6.04. The predicted octanol–water partition coefficient (Wildman–Crippen LogP) is 3.15. The molecule has 4 nitrogen and oxygen atoms in total. The van der Waals surface area contributed by atoms with Crippen LogP contribution in [0.15, 0.2) is 53.4 Å². The SMILES string of the molecule is Cc1ccccc1S(=O)(=O)N1CCN(Cc2ccccc2Cl)CC1. The van der Waals surface area contributed by atoms with Gasteiger partial charge in [-0.1, -0.05) is 48.0 Å². The predicted molar refractivity (Wildman–Crippen MR) is 96.7 cm³/mol. The maximum Gasteiger partial charge on any atom is 0.243 e. The fourth-order valence-corrected chi connectivity index (χ4v) is 4.82. The van der Waals surface area contributed by atoms with Gasteiger partial charge in [0.1, 0.15) is 0 Å². The van der Waals surface area contributed by atoms with Crippen molar-refractivity contribution >= 4 is 21.6 Å². The van der Waals surface area contributed by atoms with Gasteiger partial charge >= 0.3 is 0 Å². The molecular formula is C18H21ClN2O2S. The molecule has 2 aromatic carbocycles. The Hall–Kier alpha value is -1.40. The van der Waals surface area contributed by atoms with Crippen molar-refractivity contribution in [2.45, 2.75) is 18.4 Å². The molecule has 0 aromatic heterocycles. The van der Waals surface area contributed by atoms with Crippen molar-refractivity contribution in [2.24, 2.45) is 0 Å². The van der Waals surface area contributed by atoms with Crippen molar-refractivity contribution in [1.82, 2.24) is 9.21 Å². The Morgan fingerprint density at radius 2 is 1.58 bits per heavy atom. The average molecular weight is 365 g/mol. The van der Waals surface area contributed by atoms with Gasteiger partial charge in [0, 0.05) is 37.7 Å². The molecule has 1 aliphatic heterocycles. The Bertz CT molecular complexity index is 815. The third-order valence-corrected chi connectivity index (χ3v) is 6.82. The molecule has 0 unspecified atom stereocenters. The van der Waals surface area contributed by atoms with Crippen LogP contribution in [0, 0.1) is 6.92 Å². The smallest absolute Gasteiger partial charge is 0.243 e. The van der Waals surface area contributed by atoms with Gasteiger partial charge in [0.15, 0.2) is 0 Å². The van der Waals surface area contributed by atoms with Crippen LogP contribution in [0.3, 0.4) is 0 Å². The Morgan fingerprint density at radius 1 is 0.958 bits per heavy atom. The molecule has 3 rings (SSSR count). The molecule has 0 bridgehead atoms. The van der Waals surface area contributed by atoms with Gasteiger partial charge in [-0.2, -0.15) is 4.31 Å². The second-order valence-corrected chi connectivity index (χ2v) is 8.35. The zero-order chi connectivity index (χ0) is 17.2. The van der Waals surface area contributed by atoms with E-state index in [1.165, 1.54) is 0 Å². The first-order chi connectivity index (χ1) is 11.5. The Labute approximate surface area is 148 Å². The summed E-state index contributed by atoms with van der Waals surface area (Å²) in [5.74, 6) is 0. The van der Waals surface area contributed by atoms with Crippen LogP contribution in [-0.4, -0.2) is 43.8 Å². The van der Waals surface area contributed by atoms with Crippen molar-refractivity contribution in [3.8, 4) is 0 Å². The second kappa shape index (κ2) is 7.23. The molecule has 1 fully saturated rings. The molecule has 128 valence electrons. The van der Waals surface area contributed by atoms with Gasteiger partial charge in [-0.15, -0.1) is 0 Å². The molecule has 0 spiro atoms. The van der Waals surface area contributed by atoms with Crippen molar-refractivity contribution in [2.75, 3.05) is 26.2 Å². The molecular weight excluding hydrogens is 344 g/mol. The van der Waals surface area contributed by atoms with Gasteiger partial charge < -0.3 is 0 Å². The fourth-order valence-electron chi connectivity index (χ4n) is 2.98. The number of aryl methyl sites for hydroxylation is 1. The highest BCUT2D eigenvalue weighted by Gasteiger charge is 2.29. The van der Waals surface area contributed by atoms with E-state index in [1.54, 1.807) is 16.4 Å². The van der Waals surface area contributed by atoms with Crippen LogP contribution in [0.4, 0.5) is 0 Å². The van der Waals surface area contributed by atoms with Gasteiger partial charge in [0.05, 0.1) is 4.90 Å². The summed E-state index contributed by atoms with van der Waals surface area (Å²) < 4.78 is 27.2. The zero-order valence-corrected chi connectivity index (χ0v) is 15.2.